The number of rotatable bonds is 6. The Morgan fingerprint density at radius 1 is 1.16 bits per heavy atom. The van der Waals surface area contributed by atoms with Crippen molar-refractivity contribution < 1.29 is 9.84 Å². The molecule has 0 aliphatic heterocycles. The summed E-state index contributed by atoms with van der Waals surface area (Å²) in [6.45, 7) is 11.2. The van der Waals surface area contributed by atoms with Crippen LogP contribution in [0.3, 0.4) is 0 Å². The van der Waals surface area contributed by atoms with Crippen LogP contribution in [0.5, 0.6) is 11.5 Å². The third-order valence-electron chi connectivity index (χ3n) is 8.31. The van der Waals surface area contributed by atoms with E-state index in [0.29, 0.717) is 24.1 Å². The second-order valence-electron chi connectivity index (χ2n) is 10.7. The minimum absolute atomic E-state index is 0.253. The first-order valence-corrected chi connectivity index (χ1v) is 12.0. The maximum Gasteiger partial charge on any atom is 0.162 e. The number of phenols is 1. The lowest BCUT2D eigenvalue weighted by molar-refractivity contribution is 0.0256. The highest BCUT2D eigenvalue weighted by molar-refractivity contribution is 5.45. The summed E-state index contributed by atoms with van der Waals surface area (Å²) in [6, 6.07) is 13.0. The number of methoxy groups -OCH3 is 1. The van der Waals surface area contributed by atoms with E-state index in [2.05, 4.69) is 51.2 Å². The van der Waals surface area contributed by atoms with Gasteiger partial charge in [-0.3, -0.25) is 0 Å². The van der Waals surface area contributed by atoms with Gasteiger partial charge in [-0.15, -0.1) is 0 Å². The van der Waals surface area contributed by atoms with Gasteiger partial charge in [0, 0.05) is 18.7 Å². The van der Waals surface area contributed by atoms with E-state index >= 15 is 0 Å². The van der Waals surface area contributed by atoms with Crippen molar-refractivity contribution in [1.82, 2.24) is 5.32 Å². The summed E-state index contributed by atoms with van der Waals surface area (Å²) in [4.78, 5) is 0. The minimum atomic E-state index is 0.253. The van der Waals surface area contributed by atoms with Gasteiger partial charge in [0.15, 0.2) is 11.5 Å². The Morgan fingerprint density at radius 3 is 2.71 bits per heavy atom. The third-order valence-corrected chi connectivity index (χ3v) is 8.31. The molecule has 0 heterocycles. The fourth-order valence-electron chi connectivity index (χ4n) is 6.57. The summed E-state index contributed by atoms with van der Waals surface area (Å²) in [5.74, 6) is 2.06. The average Bonchev–Trinajstić information content (AvgIpc) is 2.74. The molecule has 0 saturated heterocycles. The molecule has 0 radical (unpaired) electrons. The van der Waals surface area contributed by atoms with Crippen molar-refractivity contribution in [2.24, 2.45) is 11.3 Å². The van der Waals surface area contributed by atoms with Crippen molar-refractivity contribution in [3.05, 3.63) is 58.7 Å². The molecule has 0 amide bonds. The molecular weight excluding hydrogens is 382 g/mol. The summed E-state index contributed by atoms with van der Waals surface area (Å²) >= 11 is 0. The van der Waals surface area contributed by atoms with Gasteiger partial charge in [-0.05, 0) is 71.1 Å². The summed E-state index contributed by atoms with van der Waals surface area (Å²) < 4.78 is 5.26. The lowest BCUT2D eigenvalue weighted by Gasteiger charge is -2.55. The summed E-state index contributed by atoms with van der Waals surface area (Å²) in [5, 5.41) is 14.1. The van der Waals surface area contributed by atoms with Gasteiger partial charge in [0.25, 0.3) is 0 Å². The molecule has 2 aromatic carbocycles. The van der Waals surface area contributed by atoms with Crippen LogP contribution in [0.4, 0.5) is 0 Å². The Hall–Kier alpha value is -2.00. The van der Waals surface area contributed by atoms with Crippen LogP contribution in [-0.4, -0.2) is 18.8 Å². The number of hydrogen-bond donors (Lipinski definition) is 2. The zero-order valence-corrected chi connectivity index (χ0v) is 19.9. The number of benzene rings is 2. The number of aryl methyl sites for hydroxylation is 1. The van der Waals surface area contributed by atoms with Crippen LogP contribution in [0.2, 0.25) is 0 Å². The summed E-state index contributed by atoms with van der Waals surface area (Å²) in [6.07, 6.45) is 6.30. The number of nitrogens with one attached hydrogen (secondary N) is 1. The zero-order valence-electron chi connectivity index (χ0n) is 19.9. The predicted molar refractivity (Wildman–Crippen MR) is 128 cm³/mol. The molecule has 2 aliphatic carbocycles. The monoisotopic (exact) mass is 421 g/mol. The van der Waals surface area contributed by atoms with E-state index in [4.69, 9.17) is 4.74 Å². The maximum absolute atomic E-state index is 10.4. The molecule has 3 atom stereocenters. The van der Waals surface area contributed by atoms with Gasteiger partial charge in [0.05, 0.1) is 7.11 Å². The molecular formula is C28H39NO2. The number of aromatic hydroxyl groups is 1. The van der Waals surface area contributed by atoms with Gasteiger partial charge < -0.3 is 15.2 Å². The Labute approximate surface area is 188 Å². The second kappa shape index (κ2) is 8.50. The highest BCUT2D eigenvalue weighted by Gasteiger charge is 2.51. The Morgan fingerprint density at radius 2 is 1.97 bits per heavy atom. The molecule has 0 aromatic heterocycles. The smallest absolute Gasteiger partial charge is 0.162 e. The molecule has 3 heteroatoms. The van der Waals surface area contributed by atoms with E-state index in [9.17, 15) is 5.11 Å². The normalized spacial score (nSPS) is 27.6. The lowest BCUT2D eigenvalue weighted by atomic mass is 9.49. The molecule has 1 saturated carbocycles. The van der Waals surface area contributed by atoms with Crippen molar-refractivity contribution >= 4 is 0 Å². The number of ether oxygens (including phenoxy) is 1. The molecule has 0 bridgehead atoms. The molecule has 1 fully saturated rings. The molecule has 3 nitrogen and oxygen atoms in total. The van der Waals surface area contributed by atoms with Crippen LogP contribution >= 0.6 is 0 Å². The van der Waals surface area contributed by atoms with Gasteiger partial charge in [0.2, 0.25) is 0 Å². The molecule has 0 spiro atoms. The van der Waals surface area contributed by atoms with Crippen LogP contribution in [-0.2, 0) is 18.4 Å². The highest BCUT2D eigenvalue weighted by Crippen LogP contribution is 2.57. The van der Waals surface area contributed by atoms with Gasteiger partial charge in [-0.1, -0.05) is 64.4 Å². The number of fused-ring (bicyclic) bond motifs is 3. The first kappa shape index (κ1) is 22.2. The predicted octanol–water partition coefficient (Wildman–Crippen LogP) is 6.32. The third kappa shape index (κ3) is 3.98. The molecule has 2 aliphatic rings. The summed E-state index contributed by atoms with van der Waals surface area (Å²) in [7, 11) is 1.60. The minimum Gasteiger partial charge on any atom is -0.504 e. The standard InChI is InChI=1S/C28H39NO2/c1-19(2)20-10-12-23-21(16-20)11-13-25-27(3,14-7-15-28(23,25)4)18-29-17-22-8-6-9-24(31-5)26(22)30/h6,8-10,12,16,19,25,29-30H,7,11,13-15,17-18H2,1-5H3/t25-,27+,28+/m1/s1. The highest BCUT2D eigenvalue weighted by atomic mass is 16.5. The number of para-hydroxylation sites is 1. The lowest BCUT2D eigenvalue weighted by Crippen LogP contribution is -2.52. The summed E-state index contributed by atoms with van der Waals surface area (Å²) in [5.41, 5.74) is 6.08. The van der Waals surface area contributed by atoms with E-state index in [-0.39, 0.29) is 16.6 Å². The second-order valence-corrected chi connectivity index (χ2v) is 10.7. The average molecular weight is 422 g/mol. The van der Waals surface area contributed by atoms with Crippen molar-refractivity contribution in [3.8, 4) is 11.5 Å². The van der Waals surface area contributed by atoms with Crippen molar-refractivity contribution in [3.63, 3.8) is 0 Å². The van der Waals surface area contributed by atoms with Crippen molar-refractivity contribution in [1.29, 1.82) is 0 Å². The van der Waals surface area contributed by atoms with E-state index in [1.165, 1.54) is 37.7 Å². The first-order valence-electron chi connectivity index (χ1n) is 12.0. The Balaban J connectivity index is 1.52. The van der Waals surface area contributed by atoms with Gasteiger partial charge in [0.1, 0.15) is 0 Å². The fourth-order valence-corrected chi connectivity index (χ4v) is 6.57. The van der Waals surface area contributed by atoms with Crippen LogP contribution in [0.15, 0.2) is 36.4 Å². The van der Waals surface area contributed by atoms with Crippen molar-refractivity contribution in [2.45, 2.75) is 77.7 Å². The topological polar surface area (TPSA) is 41.5 Å². The molecule has 168 valence electrons. The molecule has 0 unspecified atom stereocenters. The Bertz CT molecular complexity index is 937. The van der Waals surface area contributed by atoms with Gasteiger partial charge >= 0.3 is 0 Å². The maximum atomic E-state index is 10.4. The van der Waals surface area contributed by atoms with E-state index in [0.717, 1.165) is 12.1 Å². The first-order chi connectivity index (χ1) is 14.8. The van der Waals surface area contributed by atoms with E-state index in [1.807, 2.05) is 12.1 Å². The van der Waals surface area contributed by atoms with Crippen LogP contribution < -0.4 is 10.1 Å². The van der Waals surface area contributed by atoms with Crippen LogP contribution in [0, 0.1) is 11.3 Å². The van der Waals surface area contributed by atoms with Crippen LogP contribution in [0.1, 0.15) is 81.5 Å². The number of phenolic OH excluding ortho intramolecular Hbond substituents is 1. The van der Waals surface area contributed by atoms with E-state index in [1.54, 1.807) is 24.3 Å². The zero-order chi connectivity index (χ0) is 22.2. The van der Waals surface area contributed by atoms with E-state index < -0.39 is 0 Å². The quantitative estimate of drug-likeness (QED) is 0.573. The molecule has 31 heavy (non-hydrogen) atoms. The molecule has 2 aromatic rings. The largest absolute Gasteiger partial charge is 0.504 e. The number of hydrogen-bond acceptors (Lipinski definition) is 3. The van der Waals surface area contributed by atoms with Gasteiger partial charge in [-0.2, -0.15) is 0 Å². The molecule has 2 N–H and O–H groups in total. The SMILES string of the molecule is COc1cccc(CNC[C@]2(C)CCC[C@@]3(C)c4ccc(C(C)C)cc4CC[C@H]23)c1O. The Kier molecular flexibility index (Phi) is 6.09. The fraction of sp³-hybridized carbons (Fsp3) is 0.571. The van der Waals surface area contributed by atoms with Crippen molar-refractivity contribution in [2.75, 3.05) is 13.7 Å². The molecule has 4 rings (SSSR count). The van der Waals surface area contributed by atoms with Gasteiger partial charge in [-0.25, -0.2) is 0 Å². The van der Waals surface area contributed by atoms with Crippen LogP contribution in [0.25, 0.3) is 0 Å².